The Bertz CT molecular complexity index is 1030. The average molecular weight is 414 g/mol. The molecule has 0 spiro atoms. The van der Waals surface area contributed by atoms with Crippen LogP contribution in [0.2, 0.25) is 5.02 Å². The van der Waals surface area contributed by atoms with Crippen molar-refractivity contribution in [2.45, 2.75) is 31.3 Å². The first-order valence-electron chi connectivity index (χ1n) is 8.73. The van der Waals surface area contributed by atoms with E-state index in [1.165, 1.54) is 0 Å². The van der Waals surface area contributed by atoms with Crippen LogP contribution in [0, 0.1) is 17.6 Å². The third-order valence-corrected chi connectivity index (χ3v) is 6.73. The molecule has 1 aromatic heterocycles. The lowest BCUT2D eigenvalue weighted by molar-refractivity contribution is 0.444. The van der Waals surface area contributed by atoms with Crippen molar-refractivity contribution >= 4 is 27.3 Å². The second-order valence-corrected chi connectivity index (χ2v) is 9.74. The van der Waals surface area contributed by atoms with E-state index in [1.54, 1.807) is 0 Å². The molecule has 144 valence electrons. The van der Waals surface area contributed by atoms with Gasteiger partial charge in [-0.3, -0.25) is 0 Å². The van der Waals surface area contributed by atoms with E-state index in [-0.39, 0.29) is 27.9 Å². The maximum absolute atomic E-state index is 14.4. The van der Waals surface area contributed by atoms with Gasteiger partial charge in [-0.15, -0.1) is 0 Å². The zero-order valence-electron chi connectivity index (χ0n) is 14.7. The van der Waals surface area contributed by atoms with Crippen LogP contribution in [0.15, 0.2) is 12.1 Å². The number of hydrogen-bond donors (Lipinski definition) is 0. The van der Waals surface area contributed by atoms with E-state index >= 15 is 0 Å². The molecule has 0 N–H and O–H groups in total. The number of sulfone groups is 1. The highest BCUT2D eigenvalue weighted by atomic mass is 35.5. The van der Waals surface area contributed by atoms with Gasteiger partial charge in [0.25, 0.3) is 0 Å². The first kappa shape index (κ1) is 18.6. The molecule has 2 aliphatic heterocycles. The summed E-state index contributed by atoms with van der Waals surface area (Å²) in [7, 11) is -3.32. The third-order valence-electron chi connectivity index (χ3n) is 5.00. The predicted molar refractivity (Wildman–Crippen MR) is 99.3 cm³/mol. The van der Waals surface area contributed by atoms with Gasteiger partial charge in [-0.05, 0) is 30.9 Å². The molecular formula is C18H18ClF2N3O2S. The van der Waals surface area contributed by atoms with Gasteiger partial charge in [0.1, 0.15) is 17.5 Å². The molecule has 0 saturated carbocycles. The molecule has 0 amide bonds. The van der Waals surface area contributed by atoms with E-state index in [9.17, 15) is 17.2 Å². The summed E-state index contributed by atoms with van der Waals surface area (Å²) in [4.78, 5) is 10.8. The molecule has 0 radical (unpaired) electrons. The Balaban J connectivity index is 1.88. The van der Waals surface area contributed by atoms with E-state index < -0.39 is 21.5 Å². The van der Waals surface area contributed by atoms with E-state index in [0.29, 0.717) is 23.0 Å². The minimum absolute atomic E-state index is 0.0212. The number of aromatic nitrogens is 2. The zero-order valence-corrected chi connectivity index (χ0v) is 16.2. The van der Waals surface area contributed by atoms with Crippen molar-refractivity contribution in [2.75, 3.05) is 18.0 Å². The first-order valence-corrected chi connectivity index (χ1v) is 10.9. The van der Waals surface area contributed by atoms with Crippen molar-refractivity contribution in [1.82, 2.24) is 9.97 Å². The summed E-state index contributed by atoms with van der Waals surface area (Å²) in [5.41, 5.74) is 0.806. The minimum atomic E-state index is -3.32. The summed E-state index contributed by atoms with van der Waals surface area (Å²) in [5, 5.41) is -0.329. The van der Waals surface area contributed by atoms with Gasteiger partial charge in [0.2, 0.25) is 0 Å². The zero-order chi connectivity index (χ0) is 19.3. The Morgan fingerprint density at radius 2 is 1.96 bits per heavy atom. The van der Waals surface area contributed by atoms with Crippen LogP contribution in [0.4, 0.5) is 14.6 Å². The van der Waals surface area contributed by atoms with Gasteiger partial charge < -0.3 is 4.90 Å². The number of fused-ring (bicyclic) bond motifs is 1. The molecule has 0 aliphatic carbocycles. The number of nitrogens with zero attached hydrogens (tertiary/aromatic N) is 3. The van der Waals surface area contributed by atoms with Crippen molar-refractivity contribution in [2.24, 2.45) is 5.92 Å². The smallest absolute Gasteiger partial charge is 0.164 e. The molecule has 2 aromatic rings. The highest BCUT2D eigenvalue weighted by Crippen LogP contribution is 2.36. The molecule has 9 heteroatoms. The van der Waals surface area contributed by atoms with Crippen molar-refractivity contribution in [3.8, 4) is 11.4 Å². The molecule has 1 fully saturated rings. The fourth-order valence-corrected chi connectivity index (χ4v) is 5.36. The molecular weight excluding hydrogens is 396 g/mol. The number of piperidine rings is 1. The van der Waals surface area contributed by atoms with E-state index in [2.05, 4.69) is 16.9 Å². The van der Waals surface area contributed by atoms with Gasteiger partial charge in [0.05, 0.1) is 27.8 Å². The molecule has 2 aliphatic rings. The summed E-state index contributed by atoms with van der Waals surface area (Å²) < 4.78 is 52.6. The summed E-state index contributed by atoms with van der Waals surface area (Å²) in [5.74, 6) is -0.940. The molecule has 0 bridgehead atoms. The second kappa shape index (κ2) is 6.67. The summed E-state index contributed by atoms with van der Waals surface area (Å²) >= 11 is 5.63. The molecule has 27 heavy (non-hydrogen) atoms. The monoisotopic (exact) mass is 413 g/mol. The molecule has 1 aromatic carbocycles. The highest BCUT2D eigenvalue weighted by molar-refractivity contribution is 7.90. The quantitative estimate of drug-likeness (QED) is 0.702. The Labute approximate surface area is 161 Å². The number of hydrogen-bond acceptors (Lipinski definition) is 5. The van der Waals surface area contributed by atoms with Gasteiger partial charge in [0, 0.05) is 18.7 Å². The third kappa shape index (κ3) is 3.52. The number of rotatable bonds is 2. The lowest BCUT2D eigenvalue weighted by Crippen LogP contribution is -2.35. The number of benzene rings is 1. The predicted octanol–water partition coefficient (Wildman–Crippen LogP) is 3.74. The molecule has 1 atom stereocenters. The second-order valence-electron chi connectivity index (χ2n) is 7.27. The van der Waals surface area contributed by atoms with Crippen molar-refractivity contribution < 1.29 is 17.2 Å². The van der Waals surface area contributed by atoms with E-state index in [0.717, 1.165) is 38.1 Å². The van der Waals surface area contributed by atoms with Gasteiger partial charge in [-0.1, -0.05) is 18.5 Å². The van der Waals surface area contributed by atoms with Crippen molar-refractivity contribution in [3.05, 3.63) is 40.0 Å². The molecule has 3 heterocycles. The summed E-state index contributed by atoms with van der Waals surface area (Å²) in [6, 6.07) is 1.83. The first-order chi connectivity index (χ1) is 12.7. The van der Waals surface area contributed by atoms with Crippen LogP contribution >= 0.6 is 11.6 Å². The largest absolute Gasteiger partial charge is 0.356 e. The number of halogens is 3. The Hall–Kier alpha value is -1.80. The normalized spacial score (nSPS) is 21.3. The van der Waals surface area contributed by atoms with Gasteiger partial charge in [0.15, 0.2) is 15.7 Å². The lowest BCUT2D eigenvalue weighted by atomic mass is 10.00. The number of anilines is 1. The lowest BCUT2D eigenvalue weighted by Gasteiger charge is -2.33. The molecule has 4 rings (SSSR count). The van der Waals surface area contributed by atoms with E-state index in [4.69, 9.17) is 11.6 Å². The van der Waals surface area contributed by atoms with Crippen LogP contribution in [-0.2, 0) is 21.3 Å². The Morgan fingerprint density at radius 1 is 1.19 bits per heavy atom. The summed E-state index contributed by atoms with van der Waals surface area (Å²) in [6.45, 7) is 3.60. The maximum atomic E-state index is 14.4. The van der Waals surface area contributed by atoms with Crippen LogP contribution in [-0.4, -0.2) is 31.5 Å². The Kier molecular flexibility index (Phi) is 4.58. The van der Waals surface area contributed by atoms with Crippen molar-refractivity contribution in [1.29, 1.82) is 0 Å². The molecule has 0 unspecified atom stereocenters. The van der Waals surface area contributed by atoms with Crippen LogP contribution in [0.3, 0.4) is 0 Å². The summed E-state index contributed by atoms with van der Waals surface area (Å²) in [6.07, 6.45) is 2.05. The maximum Gasteiger partial charge on any atom is 0.164 e. The molecule has 5 nitrogen and oxygen atoms in total. The fraction of sp³-hybridized carbons (Fsp3) is 0.444. The van der Waals surface area contributed by atoms with Crippen molar-refractivity contribution in [3.63, 3.8) is 0 Å². The molecule has 1 saturated heterocycles. The fourth-order valence-electron chi connectivity index (χ4n) is 3.72. The van der Waals surface area contributed by atoms with Gasteiger partial charge in [-0.25, -0.2) is 27.2 Å². The van der Waals surface area contributed by atoms with Crippen LogP contribution in [0.5, 0.6) is 0 Å². The van der Waals surface area contributed by atoms with Crippen LogP contribution in [0.25, 0.3) is 11.4 Å². The standard InChI is InChI=1S/C18H18ClF2N3O2S/c1-10-3-2-4-24(7-10)18-12-8-27(25,26)9-16(12)22-17(23-18)11-5-15(21)13(19)6-14(11)20/h5-6,10H,2-4,7-9H2,1H3/t10-/m1/s1. The highest BCUT2D eigenvalue weighted by Gasteiger charge is 2.33. The van der Waals surface area contributed by atoms with Crippen LogP contribution < -0.4 is 4.90 Å². The average Bonchev–Trinajstić information content (AvgIpc) is 2.91. The topological polar surface area (TPSA) is 63.2 Å². The van der Waals surface area contributed by atoms with Crippen LogP contribution in [0.1, 0.15) is 31.0 Å². The van der Waals surface area contributed by atoms with E-state index in [1.807, 2.05) is 4.90 Å². The Morgan fingerprint density at radius 3 is 2.70 bits per heavy atom. The minimum Gasteiger partial charge on any atom is -0.356 e. The SMILES string of the molecule is C[C@@H]1CCCN(c2nc(-c3cc(F)c(Cl)cc3F)nc3c2CS(=O)(=O)C3)C1. The van der Waals surface area contributed by atoms with Gasteiger partial charge in [-0.2, -0.15) is 0 Å². The van der Waals surface area contributed by atoms with Gasteiger partial charge >= 0.3 is 0 Å².